The summed E-state index contributed by atoms with van der Waals surface area (Å²) in [5, 5.41) is 1.02. The Kier molecular flexibility index (Phi) is 2.67. The fourth-order valence-electron chi connectivity index (χ4n) is 1.25. The first-order valence-electron chi connectivity index (χ1n) is 3.92. The Labute approximate surface area is 92.1 Å². The molecule has 0 fully saturated rings. The van der Waals surface area contributed by atoms with Crippen LogP contribution in [-0.2, 0) is 14.3 Å². The molecule has 0 bridgehead atoms. The zero-order chi connectivity index (χ0) is 10.2. The van der Waals surface area contributed by atoms with Gasteiger partial charge in [0.1, 0.15) is 0 Å². The first-order chi connectivity index (χ1) is 6.65. The van der Waals surface area contributed by atoms with Crippen molar-refractivity contribution in [1.29, 1.82) is 0 Å². The van der Waals surface area contributed by atoms with Gasteiger partial charge >= 0.3 is 92.3 Å². The van der Waals surface area contributed by atoms with Gasteiger partial charge in [-0.25, -0.2) is 0 Å². The second kappa shape index (κ2) is 3.67. The van der Waals surface area contributed by atoms with E-state index in [4.69, 9.17) is 0 Å². The van der Waals surface area contributed by atoms with Gasteiger partial charge in [0.2, 0.25) is 0 Å². The maximum absolute atomic E-state index is 11.5. The van der Waals surface area contributed by atoms with Crippen LogP contribution in [-0.4, -0.2) is 36.0 Å². The zero-order valence-electron chi connectivity index (χ0n) is 7.43. The van der Waals surface area contributed by atoms with Gasteiger partial charge in [-0.15, -0.1) is 0 Å². The van der Waals surface area contributed by atoms with Gasteiger partial charge in [0.25, 0.3) is 0 Å². The summed E-state index contributed by atoms with van der Waals surface area (Å²) in [6.07, 6.45) is 0. The molecule has 0 unspecified atom stereocenters. The van der Waals surface area contributed by atoms with Crippen molar-refractivity contribution >= 4 is 39.3 Å². The van der Waals surface area contributed by atoms with Gasteiger partial charge in [-0.2, -0.15) is 0 Å². The van der Waals surface area contributed by atoms with Crippen LogP contribution in [0.4, 0.5) is 0 Å². The zero-order valence-corrected chi connectivity index (χ0v) is 10.6. The van der Waals surface area contributed by atoms with Crippen LogP contribution in [0.2, 0.25) is 0 Å². The summed E-state index contributed by atoms with van der Waals surface area (Å²) >= 11 is -0.488. The van der Waals surface area contributed by atoms with E-state index in [-0.39, 0.29) is 0 Å². The molecule has 3 nitrogen and oxygen atoms in total. The molecule has 1 aromatic heterocycles. The van der Waals surface area contributed by atoms with Crippen LogP contribution in [0.15, 0.2) is 33.2 Å². The van der Waals surface area contributed by atoms with Gasteiger partial charge in [0.15, 0.2) is 0 Å². The molecule has 0 atom stereocenters. The van der Waals surface area contributed by atoms with E-state index in [0.717, 1.165) is 8.79 Å². The molecule has 0 aliphatic rings. The molecule has 2 rings (SSSR count). The van der Waals surface area contributed by atoms with E-state index in [0.29, 0.717) is 4.90 Å². The molecule has 0 aliphatic heterocycles. The van der Waals surface area contributed by atoms with Gasteiger partial charge in [0.05, 0.1) is 0 Å². The van der Waals surface area contributed by atoms with E-state index in [2.05, 4.69) is 8.27 Å². The van der Waals surface area contributed by atoms with Crippen molar-refractivity contribution in [2.24, 2.45) is 0 Å². The summed E-state index contributed by atoms with van der Waals surface area (Å²) in [5.74, 6) is 0. The Hall–Kier alpha value is -0.340. The Morgan fingerprint density at radius 3 is 2.79 bits per heavy atom. The fourth-order valence-corrected chi connectivity index (χ4v) is 5.52. The Balaban J connectivity index is 2.81. The normalized spacial score (nSPS) is 12.1. The summed E-state index contributed by atoms with van der Waals surface area (Å²) in [5.41, 5.74) is 0. The van der Waals surface area contributed by atoms with Crippen molar-refractivity contribution in [2.45, 2.75) is 4.90 Å². The molecule has 14 heavy (non-hydrogen) atoms. The summed E-state index contributed by atoms with van der Waals surface area (Å²) in [7, 11) is -2.34. The van der Waals surface area contributed by atoms with Gasteiger partial charge in [-0.3, -0.25) is 0 Å². The summed E-state index contributed by atoms with van der Waals surface area (Å²) < 4.78 is 30.6. The van der Waals surface area contributed by atoms with Crippen molar-refractivity contribution in [3.05, 3.63) is 28.3 Å². The quantitative estimate of drug-likeness (QED) is 0.617. The first-order valence-corrected chi connectivity index (χ1v) is 7.84. The van der Waals surface area contributed by atoms with Gasteiger partial charge < -0.3 is 0 Å². The molecule has 0 radical (unpaired) electrons. The molecular weight excluding hydrogens is 316 g/mol. The molecule has 2 aromatic rings. The van der Waals surface area contributed by atoms with Crippen molar-refractivity contribution in [3.63, 3.8) is 0 Å². The number of rotatable bonds is 2. The van der Waals surface area contributed by atoms with Crippen molar-refractivity contribution < 1.29 is 12.6 Å². The van der Waals surface area contributed by atoms with E-state index >= 15 is 0 Å². The van der Waals surface area contributed by atoms with Crippen molar-refractivity contribution in [1.82, 2.24) is 0 Å². The number of hydrogen-bond acceptors (Lipinski definition) is 3. The van der Waals surface area contributed by atoms with E-state index in [1.807, 2.05) is 12.1 Å². The third-order valence-electron chi connectivity index (χ3n) is 1.93. The van der Waals surface area contributed by atoms with Crippen LogP contribution in [0.25, 0.3) is 8.79 Å². The Morgan fingerprint density at radius 2 is 2.07 bits per heavy atom. The topological polar surface area (TPSA) is 43.4 Å². The van der Waals surface area contributed by atoms with Crippen LogP contribution >= 0.6 is 0 Å². The predicted octanol–water partition coefficient (Wildman–Crippen LogP) is 1.23. The molecule has 0 N–H and O–H groups in total. The second-order valence-corrected chi connectivity index (χ2v) is 7.01. The minimum atomic E-state index is -3.53. The van der Waals surface area contributed by atoms with Crippen LogP contribution in [0, 0.1) is 0 Å². The first kappa shape index (κ1) is 10.2. The molecular formula is C9H8O3STe. The molecule has 0 amide bonds. The second-order valence-electron chi connectivity index (χ2n) is 2.72. The molecule has 74 valence electrons. The monoisotopic (exact) mass is 326 g/mol. The molecule has 5 heteroatoms. The Morgan fingerprint density at radius 1 is 1.29 bits per heavy atom. The average molecular weight is 324 g/mol. The molecule has 1 heterocycles. The molecule has 0 saturated heterocycles. The van der Waals surface area contributed by atoms with Gasteiger partial charge in [-0.05, 0) is 0 Å². The average Bonchev–Trinajstić information content (AvgIpc) is 2.64. The summed E-state index contributed by atoms with van der Waals surface area (Å²) in [6, 6.07) is 7.26. The van der Waals surface area contributed by atoms with E-state index in [1.54, 1.807) is 12.1 Å². The standard InChI is InChI=1S/C9H8O3STe/c1-12-13(10,11)8-4-2-3-7-5-6-14-9(7)8/h2-6H,1H3. The SMILES string of the molecule is COS(=O)(=O)c1cccc2cc[te]c12. The number of benzene rings is 1. The summed E-state index contributed by atoms with van der Waals surface area (Å²) in [6.45, 7) is 0. The maximum atomic E-state index is 11.5. The van der Waals surface area contributed by atoms with Crippen molar-refractivity contribution in [3.8, 4) is 0 Å². The van der Waals surface area contributed by atoms with E-state index in [9.17, 15) is 8.42 Å². The predicted molar refractivity (Wildman–Crippen MR) is 55.1 cm³/mol. The Bertz CT molecular complexity index is 556. The molecule has 0 aliphatic carbocycles. The van der Waals surface area contributed by atoms with Crippen LogP contribution in [0.3, 0.4) is 0 Å². The van der Waals surface area contributed by atoms with Crippen LogP contribution < -0.4 is 0 Å². The molecule has 0 saturated carbocycles. The van der Waals surface area contributed by atoms with E-state index in [1.165, 1.54) is 7.11 Å². The van der Waals surface area contributed by atoms with E-state index < -0.39 is 30.5 Å². The fraction of sp³-hybridized carbons (Fsp3) is 0.111. The van der Waals surface area contributed by atoms with Crippen molar-refractivity contribution in [2.75, 3.05) is 7.11 Å². The third-order valence-corrected chi connectivity index (χ3v) is 6.40. The molecule has 1 aromatic carbocycles. The molecule has 0 spiro atoms. The minimum absolute atomic E-state index is 0.338. The van der Waals surface area contributed by atoms with Crippen LogP contribution in [0.5, 0.6) is 0 Å². The number of fused-ring (bicyclic) bond motifs is 1. The van der Waals surface area contributed by atoms with Crippen LogP contribution in [0.1, 0.15) is 0 Å². The van der Waals surface area contributed by atoms with Gasteiger partial charge in [0, 0.05) is 0 Å². The van der Waals surface area contributed by atoms with Gasteiger partial charge in [-0.1, -0.05) is 0 Å². The number of hydrogen-bond donors (Lipinski definition) is 0. The summed E-state index contributed by atoms with van der Waals surface area (Å²) in [4.78, 5) is 0.338. The third kappa shape index (κ3) is 1.61.